The van der Waals surface area contributed by atoms with Crippen LogP contribution in [0.15, 0.2) is 24.3 Å². The van der Waals surface area contributed by atoms with E-state index in [4.69, 9.17) is 5.73 Å². The van der Waals surface area contributed by atoms with Crippen molar-refractivity contribution in [2.24, 2.45) is 11.7 Å². The van der Waals surface area contributed by atoms with Gasteiger partial charge in [0.05, 0.1) is 5.92 Å². The van der Waals surface area contributed by atoms with Gasteiger partial charge < -0.3 is 16.0 Å². The highest BCUT2D eigenvalue weighted by Crippen LogP contribution is 2.22. The predicted molar refractivity (Wildman–Crippen MR) is 73.5 cm³/mol. The summed E-state index contributed by atoms with van der Waals surface area (Å²) in [5, 5.41) is 2.70. The van der Waals surface area contributed by atoms with E-state index in [2.05, 4.69) is 5.32 Å². The summed E-state index contributed by atoms with van der Waals surface area (Å²) in [5.41, 5.74) is 5.82. The largest absolute Gasteiger partial charge is 0.369 e. The topological polar surface area (TPSA) is 75.4 Å². The number of nitrogens with zero attached hydrogens (tertiary/aromatic N) is 1. The van der Waals surface area contributed by atoms with Gasteiger partial charge in [0, 0.05) is 18.3 Å². The molecule has 5 nitrogen and oxygen atoms in total. The van der Waals surface area contributed by atoms with E-state index in [0.29, 0.717) is 18.7 Å². The first-order valence-electron chi connectivity index (χ1n) is 6.60. The average molecular weight is 279 g/mol. The number of carbonyl (C=O) groups excluding carboxylic acids is 2. The number of hydrogen-bond acceptors (Lipinski definition) is 2. The predicted octanol–water partition coefficient (Wildman–Crippen LogP) is 1.94. The highest BCUT2D eigenvalue weighted by molar-refractivity contribution is 5.90. The molecular weight excluding hydrogens is 261 g/mol. The third-order valence-electron chi connectivity index (χ3n) is 3.64. The first-order valence-corrected chi connectivity index (χ1v) is 6.60. The lowest BCUT2D eigenvalue weighted by atomic mass is 9.93. The zero-order chi connectivity index (χ0) is 14.7. The monoisotopic (exact) mass is 279 g/mol. The van der Waals surface area contributed by atoms with Gasteiger partial charge in [-0.3, -0.25) is 4.79 Å². The van der Waals surface area contributed by atoms with Gasteiger partial charge in [-0.1, -0.05) is 0 Å². The molecule has 1 aliphatic heterocycles. The van der Waals surface area contributed by atoms with E-state index in [1.54, 1.807) is 4.90 Å². The second-order valence-electron chi connectivity index (χ2n) is 5.12. The summed E-state index contributed by atoms with van der Waals surface area (Å²) < 4.78 is 12.8. The molecule has 0 radical (unpaired) electrons. The number of nitrogens with two attached hydrogens (primary N) is 1. The van der Waals surface area contributed by atoms with Crippen molar-refractivity contribution in [2.75, 3.05) is 11.9 Å². The van der Waals surface area contributed by atoms with Gasteiger partial charge >= 0.3 is 6.03 Å². The van der Waals surface area contributed by atoms with E-state index in [-0.39, 0.29) is 29.7 Å². The zero-order valence-electron chi connectivity index (χ0n) is 11.3. The highest BCUT2D eigenvalue weighted by atomic mass is 19.1. The Morgan fingerprint density at radius 3 is 2.55 bits per heavy atom. The number of nitrogens with one attached hydrogen (secondary N) is 1. The summed E-state index contributed by atoms with van der Waals surface area (Å²) in [6.07, 6.45) is 1.45. The fourth-order valence-electron chi connectivity index (χ4n) is 2.35. The summed E-state index contributed by atoms with van der Waals surface area (Å²) in [4.78, 5) is 25.0. The van der Waals surface area contributed by atoms with Crippen molar-refractivity contribution in [2.45, 2.75) is 25.8 Å². The van der Waals surface area contributed by atoms with Gasteiger partial charge in [0.15, 0.2) is 0 Å². The number of likely N-dealkylation sites (tertiary alicyclic amines) is 1. The number of primary amides is 1. The van der Waals surface area contributed by atoms with Gasteiger partial charge in [0.2, 0.25) is 5.91 Å². The molecule has 1 saturated heterocycles. The first kappa shape index (κ1) is 14.3. The number of hydrogen-bond donors (Lipinski definition) is 2. The van der Waals surface area contributed by atoms with Gasteiger partial charge in [-0.15, -0.1) is 0 Å². The molecule has 6 heteroatoms. The first-order chi connectivity index (χ1) is 9.47. The van der Waals surface area contributed by atoms with Crippen molar-refractivity contribution in [3.8, 4) is 0 Å². The Labute approximate surface area is 116 Å². The standard InChI is InChI=1S/C14H18FN3O2/c1-9-2-3-10(13(16)19)8-18(9)14(20)17-12-6-4-11(15)5-7-12/h4-7,9-10H,2-3,8H2,1H3,(H2,16,19)(H,17,20)/t9-,10+/m0/s1. The van der Waals surface area contributed by atoms with Crippen LogP contribution in [-0.2, 0) is 4.79 Å². The van der Waals surface area contributed by atoms with Crippen molar-refractivity contribution in [3.05, 3.63) is 30.1 Å². The van der Waals surface area contributed by atoms with Gasteiger partial charge in [-0.2, -0.15) is 0 Å². The lowest BCUT2D eigenvalue weighted by Gasteiger charge is -2.36. The number of anilines is 1. The van der Waals surface area contributed by atoms with E-state index < -0.39 is 0 Å². The number of rotatable bonds is 2. The Morgan fingerprint density at radius 1 is 1.30 bits per heavy atom. The maximum atomic E-state index is 12.8. The van der Waals surface area contributed by atoms with Gasteiger partial charge in [0.1, 0.15) is 5.82 Å². The Morgan fingerprint density at radius 2 is 1.95 bits per heavy atom. The Kier molecular flexibility index (Phi) is 4.22. The highest BCUT2D eigenvalue weighted by Gasteiger charge is 2.31. The van der Waals surface area contributed by atoms with Gasteiger partial charge in [-0.05, 0) is 44.0 Å². The molecule has 0 unspecified atom stereocenters. The van der Waals surface area contributed by atoms with Gasteiger partial charge in [-0.25, -0.2) is 9.18 Å². The molecular formula is C14H18FN3O2. The van der Waals surface area contributed by atoms with Crippen LogP contribution in [0.1, 0.15) is 19.8 Å². The summed E-state index contributed by atoms with van der Waals surface area (Å²) in [6, 6.07) is 5.30. The summed E-state index contributed by atoms with van der Waals surface area (Å²) in [7, 11) is 0. The fraction of sp³-hybridized carbons (Fsp3) is 0.429. The lowest BCUT2D eigenvalue weighted by Crippen LogP contribution is -2.50. The Balaban J connectivity index is 2.03. The van der Waals surface area contributed by atoms with Crippen LogP contribution in [0.2, 0.25) is 0 Å². The minimum Gasteiger partial charge on any atom is -0.369 e. The van der Waals surface area contributed by atoms with Crippen molar-refractivity contribution < 1.29 is 14.0 Å². The van der Waals surface area contributed by atoms with E-state index in [1.807, 2.05) is 6.92 Å². The number of piperidine rings is 1. The second kappa shape index (κ2) is 5.90. The smallest absolute Gasteiger partial charge is 0.322 e. The van der Waals surface area contributed by atoms with Crippen LogP contribution >= 0.6 is 0 Å². The number of carbonyl (C=O) groups is 2. The summed E-state index contributed by atoms with van der Waals surface area (Å²) in [6.45, 7) is 2.25. The number of halogens is 1. The van der Waals surface area contributed by atoms with Crippen molar-refractivity contribution in [3.63, 3.8) is 0 Å². The zero-order valence-corrected chi connectivity index (χ0v) is 11.3. The fourth-order valence-corrected chi connectivity index (χ4v) is 2.35. The quantitative estimate of drug-likeness (QED) is 0.868. The molecule has 2 rings (SSSR count). The molecule has 20 heavy (non-hydrogen) atoms. The number of urea groups is 1. The van der Waals surface area contributed by atoms with Crippen LogP contribution in [0.3, 0.4) is 0 Å². The third kappa shape index (κ3) is 3.26. The lowest BCUT2D eigenvalue weighted by molar-refractivity contribution is -0.123. The maximum Gasteiger partial charge on any atom is 0.322 e. The minimum atomic E-state index is -0.378. The van der Waals surface area contributed by atoms with Crippen molar-refractivity contribution in [1.29, 1.82) is 0 Å². The molecule has 1 fully saturated rings. The van der Waals surface area contributed by atoms with Crippen molar-refractivity contribution in [1.82, 2.24) is 4.90 Å². The van der Waals surface area contributed by atoms with Gasteiger partial charge in [0.25, 0.3) is 0 Å². The normalized spacial score (nSPS) is 22.4. The molecule has 108 valence electrons. The molecule has 2 atom stereocenters. The molecule has 0 aliphatic carbocycles. The molecule has 3 amide bonds. The van der Waals surface area contributed by atoms with Crippen LogP contribution in [0.5, 0.6) is 0 Å². The Bertz CT molecular complexity index is 504. The molecule has 0 spiro atoms. The Hall–Kier alpha value is -2.11. The summed E-state index contributed by atoms with van der Waals surface area (Å²) in [5.74, 6) is -1.04. The van der Waals surface area contributed by atoms with E-state index in [9.17, 15) is 14.0 Å². The average Bonchev–Trinajstić information content (AvgIpc) is 2.41. The third-order valence-corrected chi connectivity index (χ3v) is 3.64. The molecule has 0 saturated carbocycles. The number of benzene rings is 1. The maximum absolute atomic E-state index is 12.8. The SMILES string of the molecule is C[C@H]1CC[C@@H](C(N)=O)CN1C(=O)Nc1ccc(F)cc1. The molecule has 0 bridgehead atoms. The number of amides is 3. The summed E-state index contributed by atoms with van der Waals surface area (Å²) >= 11 is 0. The van der Waals surface area contributed by atoms with Crippen LogP contribution < -0.4 is 11.1 Å². The molecule has 1 aromatic rings. The van der Waals surface area contributed by atoms with Crippen LogP contribution in [0.4, 0.5) is 14.9 Å². The molecule has 3 N–H and O–H groups in total. The van der Waals surface area contributed by atoms with Crippen LogP contribution in [-0.4, -0.2) is 29.4 Å². The molecule has 1 aromatic carbocycles. The minimum absolute atomic E-state index is 0.0473. The van der Waals surface area contributed by atoms with Crippen LogP contribution in [0, 0.1) is 11.7 Å². The molecule has 1 aliphatic rings. The van der Waals surface area contributed by atoms with E-state index >= 15 is 0 Å². The van der Waals surface area contributed by atoms with Crippen molar-refractivity contribution >= 4 is 17.6 Å². The second-order valence-corrected chi connectivity index (χ2v) is 5.12. The van der Waals surface area contributed by atoms with E-state index in [0.717, 1.165) is 6.42 Å². The van der Waals surface area contributed by atoms with E-state index in [1.165, 1.54) is 24.3 Å². The molecule has 0 aromatic heterocycles. The van der Waals surface area contributed by atoms with Crippen LogP contribution in [0.25, 0.3) is 0 Å². The molecule has 1 heterocycles.